The first-order valence-corrected chi connectivity index (χ1v) is 11.5. The van der Waals surface area contributed by atoms with Crippen molar-refractivity contribution in [3.8, 4) is 0 Å². The van der Waals surface area contributed by atoms with Crippen molar-refractivity contribution in [2.75, 3.05) is 13.2 Å². The molecule has 3 unspecified atom stereocenters. The number of carbonyl (C=O) groups excluding carboxylic acids is 3. The first-order chi connectivity index (χ1) is 15.5. The van der Waals surface area contributed by atoms with E-state index < -0.39 is 18.0 Å². The fraction of sp³-hybridized carbons (Fsp3) is 0.375. The predicted octanol–water partition coefficient (Wildman–Crippen LogP) is 4.81. The molecule has 2 aliphatic heterocycles. The second-order valence-corrected chi connectivity index (χ2v) is 8.78. The molecule has 8 heteroatoms. The topological polar surface area (TPSA) is 66.9 Å². The van der Waals surface area contributed by atoms with Gasteiger partial charge in [0.25, 0.3) is 5.91 Å². The van der Waals surface area contributed by atoms with E-state index in [2.05, 4.69) is 0 Å². The summed E-state index contributed by atoms with van der Waals surface area (Å²) >= 11 is 12.7. The molecular formula is C24H24Cl2N2O4. The Bertz CT molecular complexity index is 1040. The molecule has 4 rings (SSSR count). The maximum absolute atomic E-state index is 13.8. The second-order valence-electron chi connectivity index (χ2n) is 7.94. The van der Waals surface area contributed by atoms with Crippen molar-refractivity contribution in [2.45, 2.75) is 44.2 Å². The number of esters is 1. The van der Waals surface area contributed by atoms with Gasteiger partial charge in [-0.1, -0.05) is 47.5 Å². The van der Waals surface area contributed by atoms with Crippen LogP contribution in [0.1, 0.15) is 59.6 Å². The summed E-state index contributed by atoms with van der Waals surface area (Å²) in [4.78, 5) is 39.0. The van der Waals surface area contributed by atoms with Crippen LogP contribution < -0.4 is 0 Å². The maximum atomic E-state index is 13.8. The lowest BCUT2D eigenvalue weighted by molar-refractivity contribution is -0.163. The monoisotopic (exact) mass is 474 g/mol. The smallest absolute Gasteiger partial charge is 0.325 e. The van der Waals surface area contributed by atoms with Crippen LogP contribution in [0.15, 0.2) is 42.5 Å². The number of ether oxygens (including phenoxy) is 1. The average molecular weight is 475 g/mol. The number of aldehydes is 1. The average Bonchev–Trinajstić information content (AvgIpc) is 2.79. The van der Waals surface area contributed by atoms with Crippen molar-refractivity contribution in [1.29, 1.82) is 0 Å². The largest absolute Gasteiger partial charge is 0.465 e. The molecule has 0 N–H and O–H groups in total. The van der Waals surface area contributed by atoms with Crippen LogP contribution in [0.2, 0.25) is 10.0 Å². The van der Waals surface area contributed by atoms with E-state index in [0.29, 0.717) is 39.7 Å². The zero-order chi connectivity index (χ0) is 22.8. The summed E-state index contributed by atoms with van der Waals surface area (Å²) in [5.74, 6) is -1.30. The molecular weight excluding hydrogens is 451 g/mol. The highest BCUT2D eigenvalue weighted by Gasteiger charge is 2.47. The molecule has 2 aliphatic rings. The summed E-state index contributed by atoms with van der Waals surface area (Å²) in [5, 5.41) is 4.14. The van der Waals surface area contributed by atoms with Crippen molar-refractivity contribution < 1.29 is 19.1 Å². The SMILES string of the molecule is CCOC(=O)C1CCCCN1N1C(=O)c2ccccc2C(C=O)C1c1ccc(Cl)cc1Cl. The van der Waals surface area contributed by atoms with Gasteiger partial charge in [-0.25, -0.2) is 5.01 Å². The minimum absolute atomic E-state index is 0.253. The number of hydrogen-bond donors (Lipinski definition) is 0. The van der Waals surface area contributed by atoms with Gasteiger partial charge >= 0.3 is 5.97 Å². The molecule has 0 spiro atoms. The van der Waals surface area contributed by atoms with Crippen molar-refractivity contribution in [3.63, 3.8) is 0 Å². The molecule has 1 saturated heterocycles. The molecule has 1 fully saturated rings. The van der Waals surface area contributed by atoms with Gasteiger partial charge in [0.1, 0.15) is 12.3 Å². The molecule has 0 saturated carbocycles. The van der Waals surface area contributed by atoms with E-state index in [1.165, 1.54) is 0 Å². The third-order valence-electron chi connectivity index (χ3n) is 6.10. The molecule has 2 aromatic rings. The Balaban J connectivity index is 1.89. The van der Waals surface area contributed by atoms with Crippen LogP contribution in [0.5, 0.6) is 0 Å². The molecule has 2 aromatic carbocycles. The number of hydrazine groups is 1. The first kappa shape index (κ1) is 22.8. The van der Waals surface area contributed by atoms with E-state index >= 15 is 0 Å². The number of amides is 1. The van der Waals surface area contributed by atoms with Gasteiger partial charge in [-0.3, -0.25) is 14.6 Å². The molecule has 0 aliphatic carbocycles. The molecule has 1 amide bonds. The number of piperidine rings is 1. The number of fused-ring (bicyclic) bond motifs is 1. The lowest BCUT2D eigenvalue weighted by Crippen LogP contribution is -2.60. The summed E-state index contributed by atoms with van der Waals surface area (Å²) in [6, 6.07) is 10.8. The van der Waals surface area contributed by atoms with Crippen LogP contribution in [0.25, 0.3) is 0 Å². The quantitative estimate of drug-likeness (QED) is 0.459. The molecule has 3 atom stereocenters. The van der Waals surface area contributed by atoms with E-state index in [0.717, 1.165) is 19.1 Å². The summed E-state index contributed by atoms with van der Waals surface area (Å²) in [6.07, 6.45) is 3.07. The Morgan fingerprint density at radius 1 is 1.16 bits per heavy atom. The van der Waals surface area contributed by atoms with Crippen molar-refractivity contribution in [3.05, 3.63) is 69.2 Å². The fourth-order valence-corrected chi connectivity index (χ4v) is 5.22. The summed E-state index contributed by atoms with van der Waals surface area (Å²) in [6.45, 7) is 2.50. The first-order valence-electron chi connectivity index (χ1n) is 10.7. The number of carbonyl (C=O) groups is 3. The molecule has 0 aromatic heterocycles. The van der Waals surface area contributed by atoms with Gasteiger partial charge in [-0.2, -0.15) is 0 Å². The van der Waals surface area contributed by atoms with E-state index in [1.54, 1.807) is 59.4 Å². The zero-order valence-corrected chi connectivity index (χ0v) is 19.2. The van der Waals surface area contributed by atoms with Crippen molar-refractivity contribution >= 4 is 41.4 Å². The molecule has 32 heavy (non-hydrogen) atoms. The zero-order valence-electron chi connectivity index (χ0n) is 17.7. The van der Waals surface area contributed by atoms with Crippen molar-refractivity contribution in [2.24, 2.45) is 0 Å². The van der Waals surface area contributed by atoms with E-state index in [4.69, 9.17) is 27.9 Å². The van der Waals surface area contributed by atoms with Crippen LogP contribution >= 0.6 is 23.2 Å². The highest BCUT2D eigenvalue weighted by Crippen LogP contribution is 2.45. The molecule has 0 radical (unpaired) electrons. The Labute approximate surface area is 197 Å². The Morgan fingerprint density at radius 2 is 1.94 bits per heavy atom. The van der Waals surface area contributed by atoms with Gasteiger partial charge in [0.05, 0.1) is 18.6 Å². The lowest BCUT2D eigenvalue weighted by Gasteiger charge is -2.49. The van der Waals surface area contributed by atoms with Crippen molar-refractivity contribution in [1.82, 2.24) is 10.0 Å². The van der Waals surface area contributed by atoms with E-state index in [1.807, 2.05) is 0 Å². The third kappa shape index (κ3) is 4.03. The summed E-state index contributed by atoms with van der Waals surface area (Å²) < 4.78 is 5.31. The minimum atomic E-state index is -0.713. The van der Waals surface area contributed by atoms with Gasteiger partial charge in [0, 0.05) is 22.2 Å². The van der Waals surface area contributed by atoms with Crippen LogP contribution in [0.3, 0.4) is 0 Å². The number of rotatable bonds is 5. The molecule has 0 bridgehead atoms. The lowest BCUT2D eigenvalue weighted by atomic mass is 9.81. The number of halogens is 2. The van der Waals surface area contributed by atoms with Gasteiger partial charge in [0.2, 0.25) is 0 Å². The predicted molar refractivity (Wildman–Crippen MR) is 122 cm³/mol. The van der Waals surface area contributed by atoms with Crippen LogP contribution in [0, 0.1) is 0 Å². The third-order valence-corrected chi connectivity index (χ3v) is 6.66. The van der Waals surface area contributed by atoms with Gasteiger partial charge in [-0.05, 0) is 55.5 Å². The van der Waals surface area contributed by atoms with Crippen LogP contribution in [-0.4, -0.2) is 47.4 Å². The number of hydrogen-bond acceptors (Lipinski definition) is 5. The summed E-state index contributed by atoms with van der Waals surface area (Å²) in [5.41, 5.74) is 1.69. The second kappa shape index (κ2) is 9.61. The normalized spacial score (nSPS) is 23.5. The van der Waals surface area contributed by atoms with Gasteiger partial charge in [0.15, 0.2) is 0 Å². The van der Waals surface area contributed by atoms with E-state index in [9.17, 15) is 14.4 Å². The molecule has 168 valence electrons. The molecule has 2 heterocycles. The highest BCUT2D eigenvalue weighted by atomic mass is 35.5. The van der Waals surface area contributed by atoms with E-state index in [-0.39, 0.29) is 18.5 Å². The summed E-state index contributed by atoms with van der Waals surface area (Å²) in [7, 11) is 0. The Hall–Kier alpha value is -2.41. The standard InChI is InChI=1S/C24H24Cl2N2O4/c1-2-32-24(31)21-9-5-6-12-27(21)28-22(18-11-10-15(25)13-20(18)26)19(14-29)16-7-3-4-8-17(16)23(28)30/h3-4,7-8,10-11,13-14,19,21-22H,2,5-6,9,12H2,1H3. The maximum Gasteiger partial charge on any atom is 0.325 e. The minimum Gasteiger partial charge on any atom is -0.465 e. The van der Waals surface area contributed by atoms with Gasteiger partial charge in [-0.15, -0.1) is 0 Å². The fourth-order valence-electron chi connectivity index (χ4n) is 4.70. The van der Waals surface area contributed by atoms with Crippen LogP contribution in [-0.2, 0) is 14.3 Å². The van der Waals surface area contributed by atoms with Crippen LogP contribution in [0.4, 0.5) is 0 Å². The Kier molecular flexibility index (Phi) is 6.84. The number of benzene rings is 2. The highest BCUT2D eigenvalue weighted by molar-refractivity contribution is 6.35. The Morgan fingerprint density at radius 3 is 2.66 bits per heavy atom. The van der Waals surface area contributed by atoms with Gasteiger partial charge < -0.3 is 9.53 Å². The number of nitrogens with zero attached hydrogens (tertiary/aromatic N) is 2. The molecule has 6 nitrogen and oxygen atoms in total.